The third-order valence-corrected chi connectivity index (χ3v) is 4.01. The Bertz CT molecular complexity index is 378. The minimum atomic E-state index is 0.476. The summed E-state index contributed by atoms with van der Waals surface area (Å²) in [6, 6.07) is 21.3. The molecule has 3 unspecified atom stereocenters. The molecule has 0 N–H and O–H groups in total. The minimum Gasteiger partial charge on any atom is -0.129 e. The Kier molecular flexibility index (Phi) is 3.74. The van der Waals surface area contributed by atoms with Gasteiger partial charge in [-0.05, 0) is 17.0 Å². The molecule has 0 radical (unpaired) electrons. The van der Waals surface area contributed by atoms with Crippen molar-refractivity contribution in [2.45, 2.75) is 18.5 Å². The van der Waals surface area contributed by atoms with Crippen molar-refractivity contribution in [1.29, 1.82) is 0 Å². The van der Waals surface area contributed by atoms with Crippen LogP contribution in [0.25, 0.3) is 0 Å². The van der Waals surface area contributed by atoms with Gasteiger partial charge in [-0.2, -0.15) is 0 Å². The molecule has 2 aromatic rings. The van der Waals surface area contributed by atoms with Gasteiger partial charge in [0.15, 0.2) is 0 Å². The van der Waals surface area contributed by atoms with Gasteiger partial charge in [0.1, 0.15) is 0 Å². The summed E-state index contributed by atoms with van der Waals surface area (Å²) in [5.74, 6) is 0.522. The molecule has 0 heterocycles. The molecule has 2 aromatic carbocycles. The van der Waals surface area contributed by atoms with E-state index in [0.29, 0.717) is 11.6 Å². The second-order valence-electron chi connectivity index (χ2n) is 4.14. The molecule has 0 saturated heterocycles. The highest BCUT2D eigenvalue weighted by molar-refractivity contribution is 7.17. The van der Waals surface area contributed by atoms with Gasteiger partial charge in [-0.1, -0.05) is 67.6 Å². The molecule has 2 rings (SSSR count). The molecule has 0 amide bonds. The molecule has 0 aromatic heterocycles. The number of rotatable bonds is 3. The topological polar surface area (TPSA) is 0 Å². The standard InChI is InChI=1S/C15H17P/c1-12(13-8-4-2-5-9-13)15(16)14-10-6-3-7-11-14/h2-12,15H,16H2,1H3. The average molecular weight is 228 g/mol. The fourth-order valence-electron chi connectivity index (χ4n) is 1.93. The van der Waals surface area contributed by atoms with Crippen molar-refractivity contribution in [3.05, 3.63) is 71.8 Å². The molecule has 0 nitrogen and oxygen atoms in total. The van der Waals surface area contributed by atoms with E-state index in [1.165, 1.54) is 11.1 Å². The Morgan fingerprint density at radius 2 is 1.19 bits per heavy atom. The lowest BCUT2D eigenvalue weighted by Gasteiger charge is -2.20. The fraction of sp³-hybridized carbons (Fsp3) is 0.200. The molecule has 0 aliphatic carbocycles. The quantitative estimate of drug-likeness (QED) is 0.683. The molecular weight excluding hydrogens is 211 g/mol. The molecule has 0 fully saturated rings. The van der Waals surface area contributed by atoms with Crippen LogP contribution < -0.4 is 0 Å². The van der Waals surface area contributed by atoms with Gasteiger partial charge in [0, 0.05) is 5.66 Å². The normalized spacial score (nSPS) is 14.4. The Labute approximate surface area is 99.9 Å². The van der Waals surface area contributed by atoms with Gasteiger partial charge >= 0.3 is 0 Å². The number of benzene rings is 2. The van der Waals surface area contributed by atoms with Crippen LogP contribution in [0.4, 0.5) is 0 Å². The van der Waals surface area contributed by atoms with Crippen molar-refractivity contribution >= 4 is 9.24 Å². The second-order valence-corrected chi connectivity index (χ2v) is 4.85. The SMILES string of the molecule is CC(c1ccccc1)C(P)c1ccccc1. The van der Waals surface area contributed by atoms with E-state index in [1.807, 2.05) is 0 Å². The third-order valence-electron chi connectivity index (χ3n) is 3.05. The highest BCUT2D eigenvalue weighted by atomic mass is 31.0. The van der Waals surface area contributed by atoms with Crippen molar-refractivity contribution < 1.29 is 0 Å². The Morgan fingerprint density at radius 1 is 0.750 bits per heavy atom. The van der Waals surface area contributed by atoms with E-state index in [2.05, 4.69) is 76.8 Å². The minimum absolute atomic E-state index is 0.476. The average Bonchev–Trinajstić information content (AvgIpc) is 2.39. The van der Waals surface area contributed by atoms with Crippen molar-refractivity contribution in [1.82, 2.24) is 0 Å². The lowest BCUT2D eigenvalue weighted by atomic mass is 9.93. The van der Waals surface area contributed by atoms with Crippen molar-refractivity contribution in [3.8, 4) is 0 Å². The van der Waals surface area contributed by atoms with Gasteiger partial charge in [0.25, 0.3) is 0 Å². The van der Waals surface area contributed by atoms with E-state index in [0.717, 1.165) is 0 Å². The maximum absolute atomic E-state index is 2.96. The third kappa shape index (κ3) is 2.51. The molecule has 0 saturated carbocycles. The first-order valence-electron chi connectivity index (χ1n) is 5.64. The first kappa shape index (κ1) is 11.4. The molecule has 1 heteroatoms. The van der Waals surface area contributed by atoms with Crippen LogP contribution in [-0.4, -0.2) is 0 Å². The van der Waals surface area contributed by atoms with E-state index in [-0.39, 0.29) is 0 Å². The lowest BCUT2D eigenvalue weighted by Crippen LogP contribution is -2.01. The van der Waals surface area contributed by atoms with E-state index in [1.54, 1.807) is 0 Å². The smallest absolute Gasteiger partial charge is 0.00512 e. The van der Waals surface area contributed by atoms with Crippen molar-refractivity contribution in [2.24, 2.45) is 0 Å². The highest BCUT2D eigenvalue weighted by Gasteiger charge is 2.15. The Morgan fingerprint density at radius 3 is 1.69 bits per heavy atom. The van der Waals surface area contributed by atoms with Gasteiger partial charge in [-0.3, -0.25) is 0 Å². The van der Waals surface area contributed by atoms with Crippen LogP contribution >= 0.6 is 9.24 Å². The van der Waals surface area contributed by atoms with Crippen LogP contribution in [0.2, 0.25) is 0 Å². The zero-order chi connectivity index (χ0) is 11.4. The monoisotopic (exact) mass is 228 g/mol. The van der Waals surface area contributed by atoms with E-state index >= 15 is 0 Å². The fourth-order valence-corrected chi connectivity index (χ4v) is 2.37. The van der Waals surface area contributed by atoms with Crippen LogP contribution in [0, 0.1) is 0 Å². The highest BCUT2D eigenvalue weighted by Crippen LogP contribution is 2.37. The molecule has 0 aliphatic heterocycles. The first-order chi connectivity index (χ1) is 7.79. The predicted molar refractivity (Wildman–Crippen MR) is 73.8 cm³/mol. The molecule has 0 spiro atoms. The van der Waals surface area contributed by atoms with E-state index in [4.69, 9.17) is 0 Å². The summed E-state index contributed by atoms with van der Waals surface area (Å²) >= 11 is 0. The largest absolute Gasteiger partial charge is 0.129 e. The summed E-state index contributed by atoms with van der Waals surface area (Å²) in [6.45, 7) is 2.28. The van der Waals surface area contributed by atoms with E-state index in [9.17, 15) is 0 Å². The lowest BCUT2D eigenvalue weighted by molar-refractivity contribution is 0.741. The van der Waals surface area contributed by atoms with Gasteiger partial charge in [0.05, 0.1) is 0 Å². The second kappa shape index (κ2) is 5.27. The zero-order valence-corrected chi connectivity index (χ0v) is 10.7. The molecule has 82 valence electrons. The summed E-state index contributed by atoms with van der Waals surface area (Å²) in [6.07, 6.45) is 0. The zero-order valence-electron chi connectivity index (χ0n) is 9.51. The van der Waals surface area contributed by atoms with Crippen LogP contribution in [-0.2, 0) is 0 Å². The van der Waals surface area contributed by atoms with Crippen LogP contribution in [0.1, 0.15) is 29.6 Å². The Balaban J connectivity index is 2.20. The van der Waals surface area contributed by atoms with Gasteiger partial charge in [-0.15, -0.1) is 9.24 Å². The predicted octanol–water partition coefficient (Wildman–Crippen LogP) is 4.41. The van der Waals surface area contributed by atoms with Gasteiger partial charge in [0.2, 0.25) is 0 Å². The van der Waals surface area contributed by atoms with Crippen LogP contribution in [0.15, 0.2) is 60.7 Å². The van der Waals surface area contributed by atoms with Crippen LogP contribution in [0.5, 0.6) is 0 Å². The molecule has 0 aliphatic rings. The maximum atomic E-state index is 2.96. The van der Waals surface area contributed by atoms with Crippen LogP contribution in [0.3, 0.4) is 0 Å². The van der Waals surface area contributed by atoms with Crippen molar-refractivity contribution in [2.75, 3.05) is 0 Å². The van der Waals surface area contributed by atoms with Crippen molar-refractivity contribution in [3.63, 3.8) is 0 Å². The summed E-state index contributed by atoms with van der Waals surface area (Å²) < 4.78 is 0. The molecule has 16 heavy (non-hydrogen) atoms. The van der Waals surface area contributed by atoms with Gasteiger partial charge < -0.3 is 0 Å². The summed E-state index contributed by atoms with van der Waals surface area (Å²) in [5, 5.41) is 0. The number of hydrogen-bond donors (Lipinski definition) is 0. The summed E-state index contributed by atoms with van der Waals surface area (Å²) in [4.78, 5) is 0. The Hall–Kier alpha value is -1.13. The number of hydrogen-bond acceptors (Lipinski definition) is 0. The summed E-state index contributed by atoms with van der Waals surface area (Å²) in [7, 11) is 2.96. The van der Waals surface area contributed by atoms with Gasteiger partial charge in [-0.25, -0.2) is 0 Å². The molecule has 3 atom stereocenters. The van der Waals surface area contributed by atoms with E-state index < -0.39 is 0 Å². The summed E-state index contributed by atoms with van der Waals surface area (Å²) in [5.41, 5.74) is 3.25. The molecule has 0 bridgehead atoms. The molecular formula is C15H17P. The maximum Gasteiger partial charge on any atom is 0.00512 e. The first-order valence-corrected chi connectivity index (χ1v) is 6.31.